The number of hydrogen-bond donors (Lipinski definition) is 0. The highest BCUT2D eigenvalue weighted by molar-refractivity contribution is 5.97. The Labute approximate surface area is 210 Å². The second kappa shape index (κ2) is 9.41. The first kappa shape index (κ1) is 26.0. The van der Waals surface area contributed by atoms with Crippen molar-refractivity contribution in [2.45, 2.75) is 71.8 Å². The van der Waals surface area contributed by atoms with Crippen LogP contribution in [0.2, 0.25) is 0 Å². The number of halogens is 2. The summed E-state index contributed by atoms with van der Waals surface area (Å²) < 4.78 is 33.0. The average molecular weight is 501 g/mol. The quantitative estimate of drug-likeness (QED) is 0.493. The molecule has 1 saturated heterocycles. The van der Waals surface area contributed by atoms with Crippen LogP contribution in [0, 0.1) is 5.41 Å². The number of carbonyl (C=O) groups excluding carboxylic acids is 2. The number of nitrogens with zero attached hydrogens (tertiary/aromatic N) is 4. The molecule has 4 rings (SSSR count). The molecular formula is C27H34F2N4O3. The van der Waals surface area contributed by atoms with Crippen LogP contribution >= 0.6 is 0 Å². The van der Waals surface area contributed by atoms with Gasteiger partial charge < -0.3 is 14.5 Å². The van der Waals surface area contributed by atoms with E-state index >= 15 is 0 Å². The predicted molar refractivity (Wildman–Crippen MR) is 133 cm³/mol. The van der Waals surface area contributed by atoms with Gasteiger partial charge in [0.1, 0.15) is 6.61 Å². The summed E-state index contributed by atoms with van der Waals surface area (Å²) in [6.45, 7) is 10.6. The van der Waals surface area contributed by atoms with Crippen molar-refractivity contribution in [3.05, 3.63) is 41.9 Å². The number of likely N-dealkylation sites (tertiary alicyclic amines) is 1. The van der Waals surface area contributed by atoms with Crippen molar-refractivity contribution in [2.75, 3.05) is 24.6 Å². The summed E-state index contributed by atoms with van der Waals surface area (Å²) in [5, 5.41) is 0. The molecule has 0 aromatic carbocycles. The Morgan fingerprint density at radius 2 is 1.75 bits per heavy atom. The zero-order valence-corrected chi connectivity index (χ0v) is 21.6. The molecule has 0 bridgehead atoms. The number of amides is 1. The summed E-state index contributed by atoms with van der Waals surface area (Å²) in [6, 6.07) is 3.44. The fourth-order valence-electron chi connectivity index (χ4n) is 4.46. The van der Waals surface area contributed by atoms with Gasteiger partial charge in [-0.15, -0.1) is 0 Å². The minimum atomic E-state index is -2.73. The van der Waals surface area contributed by atoms with Crippen LogP contribution in [-0.4, -0.2) is 57.7 Å². The van der Waals surface area contributed by atoms with Crippen molar-refractivity contribution < 1.29 is 23.1 Å². The summed E-state index contributed by atoms with van der Waals surface area (Å²) in [6.07, 6.45) is 5.25. The zero-order valence-electron chi connectivity index (χ0n) is 21.6. The highest BCUT2D eigenvalue weighted by Crippen LogP contribution is 2.42. The zero-order chi connectivity index (χ0) is 26.3. The molecule has 2 aromatic rings. The van der Waals surface area contributed by atoms with Gasteiger partial charge in [-0.3, -0.25) is 14.6 Å². The minimum absolute atomic E-state index is 0.00460. The molecular weight excluding hydrogens is 466 g/mol. The van der Waals surface area contributed by atoms with Gasteiger partial charge in [0, 0.05) is 50.3 Å². The van der Waals surface area contributed by atoms with E-state index in [1.54, 1.807) is 18.5 Å². The van der Waals surface area contributed by atoms with E-state index in [1.165, 1.54) is 11.1 Å². The van der Waals surface area contributed by atoms with E-state index in [9.17, 15) is 18.4 Å². The molecule has 7 nitrogen and oxygen atoms in total. The number of alkyl halides is 2. The monoisotopic (exact) mass is 500 g/mol. The smallest absolute Gasteiger partial charge is 0.255 e. The van der Waals surface area contributed by atoms with E-state index in [4.69, 9.17) is 4.74 Å². The lowest BCUT2D eigenvalue weighted by Gasteiger charge is -2.43. The van der Waals surface area contributed by atoms with Crippen LogP contribution in [0.25, 0.3) is 0 Å². The summed E-state index contributed by atoms with van der Waals surface area (Å²) in [5.41, 5.74) is 1.09. The molecule has 0 atom stereocenters. The Bertz CT molecular complexity index is 1150. The molecule has 9 heteroatoms. The number of ether oxygens (including phenoxy) is 1. The van der Waals surface area contributed by atoms with Crippen LogP contribution < -0.4 is 9.64 Å². The topological polar surface area (TPSA) is 75.6 Å². The molecule has 0 spiro atoms. The Morgan fingerprint density at radius 1 is 1.06 bits per heavy atom. The normalized spacial score (nSPS) is 18.9. The first-order valence-corrected chi connectivity index (χ1v) is 12.3. The number of anilines is 2. The van der Waals surface area contributed by atoms with Crippen LogP contribution in [0.3, 0.4) is 0 Å². The third-order valence-electron chi connectivity index (χ3n) is 6.67. The maximum absolute atomic E-state index is 13.5. The molecule has 0 unspecified atom stereocenters. The van der Waals surface area contributed by atoms with Crippen LogP contribution in [0.4, 0.5) is 20.3 Å². The number of rotatable bonds is 5. The fraction of sp³-hybridized carbons (Fsp3) is 0.556. The van der Waals surface area contributed by atoms with Gasteiger partial charge in [0.05, 0.1) is 23.0 Å². The molecule has 0 saturated carbocycles. The van der Waals surface area contributed by atoms with Crippen molar-refractivity contribution in [1.29, 1.82) is 0 Å². The molecule has 0 aliphatic carbocycles. The Kier molecular flexibility index (Phi) is 6.79. The fourth-order valence-corrected chi connectivity index (χ4v) is 4.46. The van der Waals surface area contributed by atoms with E-state index in [0.29, 0.717) is 41.4 Å². The molecule has 2 aromatic heterocycles. The molecule has 1 fully saturated rings. The second-order valence-electron chi connectivity index (χ2n) is 11.5. The van der Waals surface area contributed by atoms with Gasteiger partial charge in [-0.1, -0.05) is 20.8 Å². The summed E-state index contributed by atoms with van der Waals surface area (Å²) >= 11 is 0. The SMILES string of the molecule is CC(C)(C)CCC(=O)c1cncc(N2c3ncc(C(=O)N4CCC(F)(F)CC4)cc3OCC2(C)C)c1. The largest absolute Gasteiger partial charge is 0.487 e. The minimum Gasteiger partial charge on any atom is -0.487 e. The maximum Gasteiger partial charge on any atom is 0.255 e. The highest BCUT2D eigenvalue weighted by Gasteiger charge is 2.39. The first-order chi connectivity index (χ1) is 16.8. The van der Waals surface area contributed by atoms with Gasteiger partial charge in [-0.25, -0.2) is 13.8 Å². The number of ketones is 1. The van der Waals surface area contributed by atoms with Gasteiger partial charge in [-0.05, 0) is 37.8 Å². The van der Waals surface area contributed by atoms with Crippen molar-refractivity contribution in [2.24, 2.45) is 5.41 Å². The molecule has 194 valence electrons. The van der Waals surface area contributed by atoms with Gasteiger partial charge in [-0.2, -0.15) is 0 Å². The van der Waals surface area contributed by atoms with Gasteiger partial charge in [0.15, 0.2) is 17.4 Å². The standard InChI is InChI=1S/C27H34F2N4O3/c1-25(2,3)7-6-21(34)18-12-20(16-30-14-18)33-23-22(36-17-26(33,4)5)13-19(15-31-23)24(35)32-10-8-27(28,29)9-11-32/h12-16H,6-11,17H2,1-5H3. The summed E-state index contributed by atoms with van der Waals surface area (Å²) in [4.78, 5) is 38.1. The summed E-state index contributed by atoms with van der Waals surface area (Å²) in [7, 11) is 0. The van der Waals surface area contributed by atoms with Crippen LogP contribution in [0.5, 0.6) is 5.75 Å². The van der Waals surface area contributed by atoms with Crippen LogP contribution in [0.1, 0.15) is 81.0 Å². The Hall–Kier alpha value is -3.10. The third-order valence-corrected chi connectivity index (χ3v) is 6.67. The molecule has 2 aliphatic rings. The molecule has 4 heterocycles. The lowest BCUT2D eigenvalue weighted by atomic mass is 9.88. The van der Waals surface area contributed by atoms with E-state index in [2.05, 4.69) is 30.7 Å². The number of aromatic nitrogens is 2. The van der Waals surface area contributed by atoms with Gasteiger partial charge in [0.25, 0.3) is 11.8 Å². The molecule has 36 heavy (non-hydrogen) atoms. The van der Waals surface area contributed by atoms with Crippen molar-refractivity contribution in [3.8, 4) is 5.75 Å². The number of pyridine rings is 2. The number of Topliss-reactive ketones (excluding diaryl/α,β-unsaturated/α-hetero) is 1. The number of fused-ring (bicyclic) bond motifs is 1. The highest BCUT2D eigenvalue weighted by atomic mass is 19.3. The van der Waals surface area contributed by atoms with Crippen molar-refractivity contribution in [1.82, 2.24) is 14.9 Å². The second-order valence-corrected chi connectivity index (χ2v) is 11.5. The first-order valence-electron chi connectivity index (χ1n) is 12.3. The average Bonchev–Trinajstić information content (AvgIpc) is 2.81. The van der Waals surface area contributed by atoms with Gasteiger partial charge in [0.2, 0.25) is 0 Å². The third kappa shape index (κ3) is 5.65. The number of piperidine rings is 1. The lowest BCUT2D eigenvalue weighted by Crippen LogP contribution is -2.49. The predicted octanol–water partition coefficient (Wildman–Crippen LogP) is 5.67. The number of carbonyl (C=O) groups is 2. The molecule has 1 amide bonds. The summed E-state index contributed by atoms with van der Waals surface area (Å²) in [5.74, 6) is -2.10. The van der Waals surface area contributed by atoms with E-state index in [0.717, 1.165) is 6.42 Å². The molecule has 2 aliphatic heterocycles. The van der Waals surface area contributed by atoms with Crippen molar-refractivity contribution >= 4 is 23.2 Å². The maximum atomic E-state index is 13.5. The van der Waals surface area contributed by atoms with E-state index in [-0.39, 0.29) is 43.0 Å². The number of hydrogen-bond acceptors (Lipinski definition) is 6. The van der Waals surface area contributed by atoms with Crippen LogP contribution in [0.15, 0.2) is 30.7 Å². The van der Waals surface area contributed by atoms with E-state index in [1.807, 2.05) is 24.8 Å². The van der Waals surface area contributed by atoms with Crippen molar-refractivity contribution in [3.63, 3.8) is 0 Å². The van der Waals surface area contributed by atoms with E-state index < -0.39 is 11.5 Å². The lowest BCUT2D eigenvalue weighted by molar-refractivity contribution is -0.0494. The van der Waals surface area contributed by atoms with Gasteiger partial charge >= 0.3 is 0 Å². The Balaban J connectivity index is 1.60. The Morgan fingerprint density at radius 3 is 2.42 bits per heavy atom. The van der Waals surface area contributed by atoms with Crippen LogP contribution in [-0.2, 0) is 0 Å². The molecule has 0 N–H and O–H groups in total. The molecule has 0 radical (unpaired) electrons.